The van der Waals surface area contributed by atoms with E-state index in [-0.39, 0.29) is 32.2 Å². The van der Waals surface area contributed by atoms with Gasteiger partial charge < -0.3 is 14.2 Å². The molecule has 0 fully saturated rings. The summed E-state index contributed by atoms with van der Waals surface area (Å²) in [4.78, 5) is 32.6. The standard InChI is InChI=1S/C13H18O6S/c1-3-11(14)17-6-7-18-13(16)5-9-20-10-8-19-12(15)4-2/h3-4H,1-2,5-10H2. The Kier molecular flexibility index (Phi) is 11.2. The van der Waals surface area contributed by atoms with E-state index in [0.717, 1.165) is 12.2 Å². The molecule has 0 aliphatic carbocycles. The highest BCUT2D eigenvalue weighted by Gasteiger charge is 2.04. The van der Waals surface area contributed by atoms with Crippen LogP contribution in [-0.2, 0) is 28.6 Å². The predicted molar refractivity (Wildman–Crippen MR) is 75.2 cm³/mol. The van der Waals surface area contributed by atoms with E-state index in [2.05, 4.69) is 17.9 Å². The fourth-order valence-electron chi connectivity index (χ4n) is 0.947. The van der Waals surface area contributed by atoms with Gasteiger partial charge in [-0.05, 0) is 0 Å². The van der Waals surface area contributed by atoms with Crippen molar-refractivity contribution < 1.29 is 28.6 Å². The monoisotopic (exact) mass is 302 g/mol. The van der Waals surface area contributed by atoms with Gasteiger partial charge in [-0.15, -0.1) is 0 Å². The largest absolute Gasteiger partial charge is 0.462 e. The van der Waals surface area contributed by atoms with Gasteiger partial charge in [0.25, 0.3) is 0 Å². The Balaban J connectivity index is 3.36. The van der Waals surface area contributed by atoms with E-state index < -0.39 is 11.9 Å². The molecular weight excluding hydrogens is 284 g/mol. The van der Waals surface area contributed by atoms with Crippen molar-refractivity contribution in [1.29, 1.82) is 0 Å². The normalized spacial score (nSPS) is 9.40. The Morgan fingerprint density at radius 2 is 1.40 bits per heavy atom. The first-order chi connectivity index (χ1) is 9.60. The molecule has 0 rings (SSSR count). The van der Waals surface area contributed by atoms with Crippen molar-refractivity contribution in [1.82, 2.24) is 0 Å². The third-order valence-corrected chi connectivity index (χ3v) is 2.79. The van der Waals surface area contributed by atoms with Crippen molar-refractivity contribution in [2.75, 3.05) is 31.3 Å². The number of hydrogen-bond acceptors (Lipinski definition) is 7. The van der Waals surface area contributed by atoms with Crippen LogP contribution in [0.1, 0.15) is 6.42 Å². The van der Waals surface area contributed by atoms with Crippen LogP contribution in [0.15, 0.2) is 25.3 Å². The van der Waals surface area contributed by atoms with Gasteiger partial charge in [0, 0.05) is 23.7 Å². The van der Waals surface area contributed by atoms with Crippen LogP contribution in [0.25, 0.3) is 0 Å². The second-order valence-electron chi connectivity index (χ2n) is 3.33. The maximum absolute atomic E-state index is 11.2. The molecule has 0 saturated carbocycles. The highest BCUT2D eigenvalue weighted by Crippen LogP contribution is 2.03. The molecule has 0 spiro atoms. The molecule has 0 aromatic carbocycles. The zero-order valence-electron chi connectivity index (χ0n) is 11.2. The lowest BCUT2D eigenvalue weighted by Crippen LogP contribution is -2.13. The summed E-state index contributed by atoms with van der Waals surface area (Å²) in [5.74, 6) is -0.208. The molecule has 0 amide bonds. The maximum Gasteiger partial charge on any atom is 0.330 e. The number of thioether (sulfide) groups is 1. The average molecular weight is 302 g/mol. The van der Waals surface area contributed by atoms with E-state index in [4.69, 9.17) is 9.47 Å². The first-order valence-corrected chi connectivity index (χ1v) is 7.07. The van der Waals surface area contributed by atoms with Gasteiger partial charge >= 0.3 is 17.9 Å². The molecule has 0 unspecified atom stereocenters. The Bertz CT molecular complexity index is 353. The molecule has 0 heterocycles. The van der Waals surface area contributed by atoms with E-state index >= 15 is 0 Å². The molecule has 0 atom stereocenters. The van der Waals surface area contributed by atoms with Crippen LogP contribution in [0.3, 0.4) is 0 Å². The van der Waals surface area contributed by atoms with Crippen LogP contribution in [0, 0.1) is 0 Å². The van der Waals surface area contributed by atoms with Gasteiger partial charge in [0.05, 0.1) is 6.42 Å². The molecule has 20 heavy (non-hydrogen) atoms. The molecular formula is C13H18O6S. The quantitative estimate of drug-likeness (QED) is 0.245. The highest BCUT2D eigenvalue weighted by atomic mass is 32.2. The Labute approximate surface area is 122 Å². The fourth-order valence-corrected chi connectivity index (χ4v) is 1.66. The Hall–Kier alpha value is -1.76. The topological polar surface area (TPSA) is 78.9 Å². The van der Waals surface area contributed by atoms with Crippen molar-refractivity contribution in [3.63, 3.8) is 0 Å². The number of carbonyl (C=O) groups excluding carboxylic acids is 3. The third kappa shape index (κ3) is 11.3. The molecule has 0 radical (unpaired) electrons. The van der Waals surface area contributed by atoms with Crippen molar-refractivity contribution in [2.45, 2.75) is 6.42 Å². The van der Waals surface area contributed by atoms with Crippen molar-refractivity contribution >= 4 is 29.7 Å². The van der Waals surface area contributed by atoms with Crippen LogP contribution < -0.4 is 0 Å². The van der Waals surface area contributed by atoms with E-state index in [9.17, 15) is 14.4 Å². The lowest BCUT2D eigenvalue weighted by molar-refractivity contribution is -0.149. The fraction of sp³-hybridized carbons (Fsp3) is 0.462. The minimum atomic E-state index is -0.550. The van der Waals surface area contributed by atoms with Crippen LogP contribution in [0.4, 0.5) is 0 Å². The minimum absolute atomic E-state index is 0.0151. The molecule has 0 aromatic rings. The first-order valence-electron chi connectivity index (χ1n) is 5.92. The molecule has 0 N–H and O–H groups in total. The summed E-state index contributed by atoms with van der Waals surface area (Å²) >= 11 is 1.47. The second kappa shape index (κ2) is 12.3. The van der Waals surface area contributed by atoms with Gasteiger partial charge in [0.1, 0.15) is 19.8 Å². The van der Waals surface area contributed by atoms with Crippen LogP contribution >= 0.6 is 11.8 Å². The third-order valence-electron chi connectivity index (χ3n) is 1.85. The summed E-state index contributed by atoms with van der Waals surface area (Å²) in [6.45, 7) is 6.83. The summed E-state index contributed by atoms with van der Waals surface area (Å²) < 4.78 is 14.2. The lowest BCUT2D eigenvalue weighted by Gasteiger charge is -2.05. The minimum Gasteiger partial charge on any atom is -0.462 e. The summed E-state index contributed by atoms with van der Waals surface area (Å²) in [6.07, 6.45) is 2.38. The van der Waals surface area contributed by atoms with E-state index in [1.165, 1.54) is 11.8 Å². The SMILES string of the molecule is C=CC(=O)OCCOC(=O)CCSCCOC(=O)C=C. The van der Waals surface area contributed by atoms with Crippen LogP contribution in [0.2, 0.25) is 0 Å². The van der Waals surface area contributed by atoms with Crippen LogP contribution in [0.5, 0.6) is 0 Å². The Morgan fingerprint density at radius 1 is 0.850 bits per heavy atom. The number of rotatable bonds is 11. The maximum atomic E-state index is 11.2. The van der Waals surface area contributed by atoms with Gasteiger partial charge in [-0.1, -0.05) is 13.2 Å². The number of hydrogen-bond donors (Lipinski definition) is 0. The molecule has 0 aromatic heterocycles. The molecule has 0 saturated heterocycles. The van der Waals surface area contributed by atoms with Crippen molar-refractivity contribution in [2.24, 2.45) is 0 Å². The number of esters is 3. The summed E-state index contributed by atoms with van der Waals surface area (Å²) in [5.41, 5.74) is 0. The number of ether oxygens (including phenoxy) is 3. The molecule has 0 bridgehead atoms. The van der Waals surface area contributed by atoms with Crippen molar-refractivity contribution in [3.05, 3.63) is 25.3 Å². The highest BCUT2D eigenvalue weighted by molar-refractivity contribution is 7.99. The molecule has 112 valence electrons. The summed E-state index contributed by atoms with van der Waals surface area (Å²) in [6, 6.07) is 0. The van der Waals surface area contributed by atoms with E-state index in [1.807, 2.05) is 0 Å². The van der Waals surface area contributed by atoms with Gasteiger partial charge in [0.2, 0.25) is 0 Å². The molecule has 6 nitrogen and oxygen atoms in total. The smallest absolute Gasteiger partial charge is 0.330 e. The van der Waals surface area contributed by atoms with Crippen molar-refractivity contribution in [3.8, 4) is 0 Å². The molecule has 0 aliphatic heterocycles. The summed E-state index contributed by atoms with van der Waals surface area (Å²) in [7, 11) is 0. The zero-order valence-corrected chi connectivity index (χ0v) is 12.0. The Morgan fingerprint density at radius 3 is 2.00 bits per heavy atom. The van der Waals surface area contributed by atoms with E-state index in [1.54, 1.807) is 0 Å². The van der Waals surface area contributed by atoms with Gasteiger partial charge in [-0.25, -0.2) is 9.59 Å². The molecule has 7 heteroatoms. The van der Waals surface area contributed by atoms with Gasteiger partial charge in [-0.3, -0.25) is 4.79 Å². The van der Waals surface area contributed by atoms with E-state index in [0.29, 0.717) is 11.5 Å². The first kappa shape index (κ1) is 18.2. The predicted octanol–water partition coefficient (Wildman–Crippen LogP) is 1.11. The van der Waals surface area contributed by atoms with Gasteiger partial charge in [0.15, 0.2) is 0 Å². The molecule has 0 aliphatic rings. The van der Waals surface area contributed by atoms with Crippen LogP contribution in [-0.4, -0.2) is 49.2 Å². The zero-order chi connectivity index (χ0) is 15.2. The average Bonchev–Trinajstić information content (AvgIpc) is 2.46. The summed E-state index contributed by atoms with van der Waals surface area (Å²) in [5, 5.41) is 0. The van der Waals surface area contributed by atoms with Gasteiger partial charge in [-0.2, -0.15) is 11.8 Å². The second-order valence-corrected chi connectivity index (χ2v) is 4.55. The number of carbonyl (C=O) groups is 3. The lowest BCUT2D eigenvalue weighted by atomic mass is 10.5.